The Morgan fingerprint density at radius 3 is 2.44 bits per heavy atom. The summed E-state index contributed by atoms with van der Waals surface area (Å²) in [5.41, 5.74) is 1.27. The van der Waals surface area contributed by atoms with Gasteiger partial charge in [0.1, 0.15) is 5.82 Å². The van der Waals surface area contributed by atoms with E-state index < -0.39 is 15.8 Å². The van der Waals surface area contributed by atoms with E-state index in [4.69, 9.17) is 0 Å². The molecule has 0 aliphatic carbocycles. The van der Waals surface area contributed by atoms with E-state index in [0.717, 1.165) is 25.9 Å². The fourth-order valence-corrected chi connectivity index (χ4v) is 4.06. The van der Waals surface area contributed by atoms with Gasteiger partial charge in [-0.05, 0) is 74.8 Å². The fraction of sp³-hybridized carbons (Fsp3) is 0.316. The number of sulfonamides is 1. The minimum absolute atomic E-state index is 0.0205. The number of aryl methyl sites for hydroxylation is 1. The van der Waals surface area contributed by atoms with Crippen LogP contribution in [0.2, 0.25) is 0 Å². The lowest BCUT2D eigenvalue weighted by molar-refractivity contribution is 0.0928. The molecule has 1 heterocycles. The Bertz CT molecular complexity index is 924. The minimum Gasteiger partial charge on any atom is -0.349 e. The molecule has 6 nitrogen and oxygen atoms in total. The van der Waals surface area contributed by atoms with Crippen LogP contribution in [0.4, 0.5) is 10.1 Å². The van der Waals surface area contributed by atoms with Gasteiger partial charge in [0.25, 0.3) is 15.9 Å². The number of carbonyl (C=O) groups is 1. The Hall–Kier alpha value is -2.45. The first-order valence-electron chi connectivity index (χ1n) is 8.76. The predicted octanol–water partition coefficient (Wildman–Crippen LogP) is 2.42. The van der Waals surface area contributed by atoms with Gasteiger partial charge in [0, 0.05) is 17.3 Å². The highest BCUT2D eigenvalue weighted by atomic mass is 32.2. The van der Waals surface area contributed by atoms with E-state index >= 15 is 0 Å². The molecule has 3 N–H and O–H groups in total. The molecule has 1 amide bonds. The Kier molecular flexibility index (Phi) is 5.76. The monoisotopic (exact) mass is 391 g/mol. The summed E-state index contributed by atoms with van der Waals surface area (Å²) in [6.45, 7) is 3.46. The first kappa shape index (κ1) is 19.3. The van der Waals surface area contributed by atoms with Crippen LogP contribution in [0.1, 0.15) is 28.8 Å². The molecule has 0 atom stereocenters. The van der Waals surface area contributed by atoms with Gasteiger partial charge in [0.15, 0.2) is 0 Å². The van der Waals surface area contributed by atoms with E-state index in [2.05, 4.69) is 15.4 Å². The summed E-state index contributed by atoms with van der Waals surface area (Å²) in [6.07, 6.45) is 1.68. The number of hydrogen-bond donors (Lipinski definition) is 3. The van der Waals surface area contributed by atoms with Crippen LogP contribution in [-0.4, -0.2) is 33.5 Å². The SMILES string of the molecule is Cc1ccc(S(=O)(=O)Nc2ccc(F)cc2)cc1C(=O)NC1CCNCC1. The van der Waals surface area contributed by atoms with Gasteiger partial charge in [0.2, 0.25) is 0 Å². The Labute approximate surface area is 158 Å². The molecule has 8 heteroatoms. The molecule has 3 rings (SSSR count). The van der Waals surface area contributed by atoms with Crippen LogP contribution < -0.4 is 15.4 Å². The van der Waals surface area contributed by atoms with E-state index in [1.807, 2.05) is 0 Å². The van der Waals surface area contributed by atoms with Crippen LogP contribution in [0.3, 0.4) is 0 Å². The second kappa shape index (κ2) is 8.06. The van der Waals surface area contributed by atoms with Gasteiger partial charge < -0.3 is 10.6 Å². The highest BCUT2D eigenvalue weighted by molar-refractivity contribution is 7.92. The average molecular weight is 391 g/mol. The van der Waals surface area contributed by atoms with Crippen LogP contribution in [0.15, 0.2) is 47.4 Å². The molecule has 1 saturated heterocycles. The van der Waals surface area contributed by atoms with E-state index in [1.54, 1.807) is 13.0 Å². The molecule has 144 valence electrons. The molecule has 1 aliphatic rings. The van der Waals surface area contributed by atoms with Crippen molar-refractivity contribution < 1.29 is 17.6 Å². The number of benzene rings is 2. The van der Waals surface area contributed by atoms with Crippen LogP contribution in [0.25, 0.3) is 0 Å². The van der Waals surface area contributed by atoms with Crippen LogP contribution in [0.5, 0.6) is 0 Å². The molecule has 0 bridgehead atoms. The van der Waals surface area contributed by atoms with Crippen LogP contribution >= 0.6 is 0 Å². The summed E-state index contributed by atoms with van der Waals surface area (Å²) in [5.74, 6) is -0.733. The topological polar surface area (TPSA) is 87.3 Å². The van der Waals surface area contributed by atoms with Crippen molar-refractivity contribution >= 4 is 21.6 Å². The van der Waals surface area contributed by atoms with E-state index in [-0.39, 0.29) is 22.5 Å². The normalized spacial score (nSPS) is 15.3. The highest BCUT2D eigenvalue weighted by Gasteiger charge is 2.21. The van der Waals surface area contributed by atoms with Crippen molar-refractivity contribution in [2.75, 3.05) is 17.8 Å². The van der Waals surface area contributed by atoms with E-state index in [9.17, 15) is 17.6 Å². The Morgan fingerprint density at radius 2 is 1.78 bits per heavy atom. The summed E-state index contributed by atoms with van der Waals surface area (Å²) < 4.78 is 40.6. The van der Waals surface area contributed by atoms with Crippen molar-refractivity contribution in [2.24, 2.45) is 0 Å². The molecule has 0 aromatic heterocycles. The number of anilines is 1. The lowest BCUT2D eigenvalue weighted by Gasteiger charge is -2.24. The van der Waals surface area contributed by atoms with Gasteiger partial charge in [-0.25, -0.2) is 12.8 Å². The van der Waals surface area contributed by atoms with Gasteiger partial charge in [-0.2, -0.15) is 0 Å². The third-order valence-corrected chi connectivity index (χ3v) is 5.91. The number of hydrogen-bond acceptors (Lipinski definition) is 4. The third-order valence-electron chi connectivity index (χ3n) is 4.53. The number of rotatable bonds is 5. The number of halogens is 1. The molecule has 0 radical (unpaired) electrons. The fourth-order valence-electron chi connectivity index (χ4n) is 2.97. The van der Waals surface area contributed by atoms with Gasteiger partial charge in [0.05, 0.1) is 4.90 Å². The zero-order valence-electron chi connectivity index (χ0n) is 15.0. The molecular weight excluding hydrogens is 369 g/mol. The minimum atomic E-state index is -3.89. The Balaban J connectivity index is 1.80. The predicted molar refractivity (Wildman–Crippen MR) is 102 cm³/mol. The van der Waals surface area contributed by atoms with Gasteiger partial charge >= 0.3 is 0 Å². The lowest BCUT2D eigenvalue weighted by atomic mass is 10.0. The molecule has 0 unspecified atom stereocenters. The summed E-state index contributed by atoms with van der Waals surface area (Å²) in [7, 11) is -3.89. The number of nitrogens with one attached hydrogen (secondary N) is 3. The summed E-state index contributed by atoms with van der Waals surface area (Å²) in [5, 5.41) is 6.21. The van der Waals surface area contributed by atoms with Gasteiger partial charge in [-0.15, -0.1) is 0 Å². The first-order chi connectivity index (χ1) is 12.8. The second-order valence-electron chi connectivity index (χ2n) is 6.59. The maximum absolute atomic E-state index is 13.0. The summed E-state index contributed by atoms with van der Waals surface area (Å²) >= 11 is 0. The van der Waals surface area contributed by atoms with E-state index in [0.29, 0.717) is 11.1 Å². The molecule has 27 heavy (non-hydrogen) atoms. The standard InChI is InChI=1S/C19H22FN3O3S/c1-13-2-7-17(27(25,26)23-16-5-3-14(20)4-6-16)12-18(13)19(24)22-15-8-10-21-11-9-15/h2-7,12,15,21,23H,8-11H2,1H3,(H,22,24). The smallest absolute Gasteiger partial charge is 0.261 e. The second-order valence-corrected chi connectivity index (χ2v) is 8.27. The molecule has 1 aliphatic heterocycles. The largest absolute Gasteiger partial charge is 0.349 e. The highest BCUT2D eigenvalue weighted by Crippen LogP contribution is 2.20. The molecular formula is C19H22FN3O3S. The van der Waals surface area contributed by atoms with E-state index in [1.165, 1.54) is 36.4 Å². The molecule has 0 spiro atoms. The first-order valence-corrected chi connectivity index (χ1v) is 10.2. The quantitative estimate of drug-likeness (QED) is 0.731. The molecule has 2 aromatic rings. The Morgan fingerprint density at radius 1 is 1.11 bits per heavy atom. The average Bonchev–Trinajstić information content (AvgIpc) is 2.64. The molecule has 0 saturated carbocycles. The van der Waals surface area contributed by atoms with Crippen molar-refractivity contribution in [3.63, 3.8) is 0 Å². The zero-order chi connectivity index (χ0) is 19.4. The number of carbonyl (C=O) groups excluding carboxylic acids is 1. The van der Waals surface area contributed by atoms with Crippen LogP contribution in [0, 0.1) is 12.7 Å². The zero-order valence-corrected chi connectivity index (χ0v) is 15.8. The van der Waals surface area contributed by atoms with Crippen molar-refractivity contribution in [3.05, 3.63) is 59.4 Å². The van der Waals surface area contributed by atoms with Crippen molar-refractivity contribution in [2.45, 2.75) is 30.7 Å². The lowest BCUT2D eigenvalue weighted by Crippen LogP contribution is -2.42. The van der Waals surface area contributed by atoms with Crippen molar-refractivity contribution in [3.8, 4) is 0 Å². The van der Waals surface area contributed by atoms with Crippen molar-refractivity contribution in [1.29, 1.82) is 0 Å². The summed E-state index contributed by atoms with van der Waals surface area (Å²) in [6, 6.07) is 9.53. The number of piperidine rings is 1. The van der Waals surface area contributed by atoms with Crippen molar-refractivity contribution in [1.82, 2.24) is 10.6 Å². The maximum atomic E-state index is 13.0. The third kappa shape index (κ3) is 4.84. The molecule has 1 fully saturated rings. The molecule has 2 aromatic carbocycles. The van der Waals surface area contributed by atoms with Crippen LogP contribution in [-0.2, 0) is 10.0 Å². The van der Waals surface area contributed by atoms with Gasteiger partial charge in [-0.3, -0.25) is 9.52 Å². The van der Waals surface area contributed by atoms with Gasteiger partial charge in [-0.1, -0.05) is 6.07 Å². The number of amides is 1. The maximum Gasteiger partial charge on any atom is 0.261 e. The summed E-state index contributed by atoms with van der Waals surface area (Å²) in [4.78, 5) is 12.6.